The summed E-state index contributed by atoms with van der Waals surface area (Å²) < 4.78 is 42.9. The number of fused-ring (bicyclic) bond motifs is 4. The van der Waals surface area contributed by atoms with Crippen LogP contribution in [0.3, 0.4) is 0 Å². The number of para-hydroxylation sites is 1. The highest BCUT2D eigenvalue weighted by Gasteiger charge is 2.46. The Bertz CT molecular complexity index is 1230. The van der Waals surface area contributed by atoms with Crippen LogP contribution < -0.4 is 4.74 Å². The summed E-state index contributed by atoms with van der Waals surface area (Å²) in [6.45, 7) is 11.5. The highest BCUT2D eigenvalue weighted by Crippen LogP contribution is 2.49. The van der Waals surface area contributed by atoms with Crippen molar-refractivity contribution < 1.29 is 27.8 Å². The second-order valence-corrected chi connectivity index (χ2v) is 9.86. The van der Waals surface area contributed by atoms with Crippen molar-refractivity contribution in [2.45, 2.75) is 65.0 Å². The number of ether oxygens (including phenoxy) is 1. The second-order valence-electron chi connectivity index (χ2n) is 9.86. The Hall–Kier alpha value is -3.34. The Balaban J connectivity index is 0.000000405. The molecule has 0 atom stereocenters. The van der Waals surface area contributed by atoms with Gasteiger partial charge in [-0.05, 0) is 25.0 Å². The summed E-state index contributed by atoms with van der Waals surface area (Å²) >= 11 is 0. The molecule has 0 bridgehead atoms. The predicted molar refractivity (Wildman–Crippen MR) is 131 cm³/mol. The van der Waals surface area contributed by atoms with Crippen molar-refractivity contribution in [1.82, 2.24) is 24.2 Å². The largest absolute Gasteiger partial charge is 0.490 e. The first kappa shape index (κ1) is 26.7. The van der Waals surface area contributed by atoms with E-state index in [0.717, 1.165) is 62.6 Å². The second kappa shape index (κ2) is 10.6. The van der Waals surface area contributed by atoms with Gasteiger partial charge in [0.05, 0.1) is 23.9 Å². The van der Waals surface area contributed by atoms with Crippen molar-refractivity contribution in [2.75, 3.05) is 13.1 Å². The minimum atomic E-state index is -5.08. The van der Waals surface area contributed by atoms with E-state index in [1.165, 1.54) is 11.3 Å². The summed E-state index contributed by atoms with van der Waals surface area (Å²) in [4.78, 5) is 16.3. The van der Waals surface area contributed by atoms with Crippen molar-refractivity contribution in [3.8, 4) is 17.0 Å². The molecule has 2 aromatic heterocycles. The molecule has 4 heterocycles. The van der Waals surface area contributed by atoms with Gasteiger partial charge >= 0.3 is 12.1 Å². The third-order valence-electron chi connectivity index (χ3n) is 6.60. The Morgan fingerprint density at radius 3 is 2.49 bits per heavy atom. The summed E-state index contributed by atoms with van der Waals surface area (Å²) in [7, 11) is 0. The average Bonchev–Trinajstić information content (AvgIpc) is 3.48. The van der Waals surface area contributed by atoms with Crippen molar-refractivity contribution in [3.05, 3.63) is 54.2 Å². The van der Waals surface area contributed by atoms with E-state index in [4.69, 9.17) is 19.6 Å². The van der Waals surface area contributed by atoms with Crippen LogP contribution in [0.25, 0.3) is 11.3 Å². The molecule has 0 saturated carbocycles. The fraction of sp³-hybridized carbons (Fsp3) is 0.500. The van der Waals surface area contributed by atoms with Gasteiger partial charge in [0.2, 0.25) is 0 Å². The van der Waals surface area contributed by atoms with Gasteiger partial charge in [-0.15, -0.1) is 0 Å². The maximum absolute atomic E-state index is 10.6. The first-order valence-corrected chi connectivity index (χ1v) is 12.4. The van der Waals surface area contributed by atoms with E-state index in [0.29, 0.717) is 5.92 Å². The lowest BCUT2D eigenvalue weighted by atomic mass is 9.83. The van der Waals surface area contributed by atoms with Gasteiger partial charge in [-0.3, -0.25) is 9.58 Å². The number of piperidine rings is 1. The monoisotopic (exact) mass is 519 g/mol. The highest BCUT2D eigenvalue weighted by molar-refractivity contribution is 5.73. The van der Waals surface area contributed by atoms with E-state index in [1.54, 1.807) is 0 Å². The minimum Gasteiger partial charge on any atom is -0.480 e. The molecule has 5 rings (SSSR count). The Morgan fingerprint density at radius 1 is 1.22 bits per heavy atom. The fourth-order valence-corrected chi connectivity index (χ4v) is 4.93. The maximum Gasteiger partial charge on any atom is 0.490 e. The first-order chi connectivity index (χ1) is 17.5. The number of alkyl halides is 3. The molecule has 0 unspecified atom stereocenters. The number of hydrogen-bond donors (Lipinski definition) is 1. The summed E-state index contributed by atoms with van der Waals surface area (Å²) in [6, 6.07) is 8.36. The Kier molecular flexibility index (Phi) is 7.63. The Labute approximate surface area is 213 Å². The van der Waals surface area contributed by atoms with Crippen LogP contribution in [0.4, 0.5) is 13.2 Å². The van der Waals surface area contributed by atoms with E-state index in [9.17, 15) is 13.2 Å². The van der Waals surface area contributed by atoms with Crippen LogP contribution in [0.1, 0.15) is 44.9 Å². The van der Waals surface area contributed by atoms with Gasteiger partial charge in [0.15, 0.2) is 5.60 Å². The molecular weight excluding hydrogens is 487 g/mol. The molecule has 1 N–H and O–H groups in total. The standard InChI is InChI=1S/C24H31N5O.C2HF3O2/c1-4-29-16-19(13-26-29)15-27-11-9-24(10-12-27)23-22(25-17-28(23)14-18(2)3)20-7-5-6-8-21(20)30-24;3-2(4,5)1(6)7/h5-8,13,16-18H,4,9-12,14-15H2,1-3H3;(H,6,7). The minimum absolute atomic E-state index is 0.292. The van der Waals surface area contributed by atoms with Gasteiger partial charge in [-0.2, -0.15) is 18.3 Å². The predicted octanol–water partition coefficient (Wildman–Crippen LogP) is 4.94. The third kappa shape index (κ3) is 5.82. The van der Waals surface area contributed by atoms with Crippen molar-refractivity contribution in [1.29, 1.82) is 0 Å². The normalized spacial score (nSPS) is 16.5. The van der Waals surface area contributed by atoms with Crippen molar-refractivity contribution in [2.24, 2.45) is 5.92 Å². The van der Waals surface area contributed by atoms with Crippen LogP contribution in [0.2, 0.25) is 0 Å². The molecule has 1 aromatic carbocycles. The molecule has 8 nitrogen and oxygen atoms in total. The van der Waals surface area contributed by atoms with Gasteiger partial charge in [0, 0.05) is 62.9 Å². The molecule has 1 saturated heterocycles. The highest BCUT2D eigenvalue weighted by atomic mass is 19.4. The third-order valence-corrected chi connectivity index (χ3v) is 6.60. The van der Waals surface area contributed by atoms with Crippen molar-refractivity contribution >= 4 is 5.97 Å². The number of aliphatic carboxylic acids is 1. The molecule has 0 radical (unpaired) electrons. The number of hydrogen-bond acceptors (Lipinski definition) is 5. The average molecular weight is 520 g/mol. The number of aryl methyl sites for hydroxylation is 1. The van der Waals surface area contributed by atoms with E-state index < -0.39 is 12.1 Å². The van der Waals surface area contributed by atoms with Crippen molar-refractivity contribution in [3.63, 3.8) is 0 Å². The number of benzene rings is 1. The van der Waals surface area contributed by atoms with Gasteiger partial charge in [-0.25, -0.2) is 9.78 Å². The molecule has 3 aromatic rings. The number of carboxylic acid groups (broad SMARTS) is 1. The number of carboxylic acids is 1. The molecule has 0 aliphatic carbocycles. The summed E-state index contributed by atoms with van der Waals surface area (Å²) in [5, 5.41) is 11.5. The van der Waals surface area contributed by atoms with Gasteiger partial charge in [0.25, 0.3) is 0 Å². The lowest BCUT2D eigenvalue weighted by Gasteiger charge is -2.44. The number of imidazole rings is 1. The molecule has 0 amide bonds. The molecule has 1 fully saturated rings. The van der Waals surface area contributed by atoms with Crippen LogP contribution in [0, 0.1) is 5.92 Å². The SMILES string of the molecule is CCn1cc(CN2CCC3(CC2)Oc2ccccc2-c2ncn(CC(C)C)c23)cn1.O=C(O)C(F)(F)F. The zero-order chi connectivity index (χ0) is 26.8. The number of carbonyl (C=O) groups is 1. The lowest BCUT2D eigenvalue weighted by Crippen LogP contribution is -2.48. The smallest absolute Gasteiger partial charge is 0.480 e. The Morgan fingerprint density at radius 2 is 1.89 bits per heavy atom. The lowest BCUT2D eigenvalue weighted by molar-refractivity contribution is -0.192. The van der Waals surface area contributed by atoms with E-state index in [1.807, 2.05) is 17.2 Å². The summed E-state index contributed by atoms with van der Waals surface area (Å²) in [5.41, 5.74) is 4.49. The van der Waals surface area contributed by atoms with Crippen LogP contribution in [-0.4, -0.2) is 54.6 Å². The molecule has 37 heavy (non-hydrogen) atoms. The molecule has 200 valence electrons. The first-order valence-electron chi connectivity index (χ1n) is 12.4. The van der Waals surface area contributed by atoms with E-state index in [-0.39, 0.29) is 5.60 Å². The van der Waals surface area contributed by atoms with Crippen LogP contribution in [0.15, 0.2) is 43.0 Å². The number of rotatable bonds is 5. The van der Waals surface area contributed by atoms with Gasteiger partial charge in [-0.1, -0.05) is 26.0 Å². The summed E-state index contributed by atoms with van der Waals surface area (Å²) in [6.07, 6.45) is 3.04. The molecule has 2 aliphatic heterocycles. The van der Waals surface area contributed by atoms with Gasteiger partial charge < -0.3 is 14.4 Å². The zero-order valence-corrected chi connectivity index (χ0v) is 21.2. The summed E-state index contributed by atoms with van der Waals surface area (Å²) in [5.74, 6) is -1.22. The van der Waals surface area contributed by atoms with E-state index >= 15 is 0 Å². The van der Waals surface area contributed by atoms with Gasteiger partial charge in [0.1, 0.15) is 5.75 Å². The van der Waals surface area contributed by atoms with Crippen LogP contribution >= 0.6 is 0 Å². The van der Waals surface area contributed by atoms with Crippen LogP contribution in [0.5, 0.6) is 5.75 Å². The van der Waals surface area contributed by atoms with E-state index in [2.05, 4.69) is 65.8 Å². The quantitative estimate of drug-likeness (QED) is 0.514. The molecule has 2 aliphatic rings. The molecular formula is C26H32F3N5O3. The number of likely N-dealkylation sites (tertiary alicyclic amines) is 1. The number of halogens is 3. The maximum atomic E-state index is 10.6. The number of nitrogens with zero attached hydrogens (tertiary/aromatic N) is 5. The fourth-order valence-electron chi connectivity index (χ4n) is 4.93. The molecule has 11 heteroatoms. The number of aromatic nitrogens is 4. The molecule has 1 spiro atoms. The topological polar surface area (TPSA) is 85.4 Å². The van der Waals surface area contributed by atoms with Crippen LogP contribution in [-0.2, 0) is 30.0 Å². The zero-order valence-electron chi connectivity index (χ0n) is 21.2.